The van der Waals surface area contributed by atoms with Crippen LogP contribution in [0.5, 0.6) is 0 Å². The lowest BCUT2D eigenvalue weighted by atomic mass is 10.1. The van der Waals surface area contributed by atoms with Crippen molar-refractivity contribution in [1.29, 1.82) is 0 Å². The van der Waals surface area contributed by atoms with Crippen LogP contribution in [0.3, 0.4) is 0 Å². The van der Waals surface area contributed by atoms with Gasteiger partial charge in [-0.15, -0.1) is 0 Å². The molecule has 0 aliphatic carbocycles. The van der Waals surface area contributed by atoms with E-state index in [0.717, 1.165) is 5.56 Å². The van der Waals surface area contributed by atoms with E-state index in [4.69, 9.17) is 23.2 Å². The van der Waals surface area contributed by atoms with Crippen molar-refractivity contribution in [3.63, 3.8) is 0 Å². The third-order valence-corrected chi connectivity index (χ3v) is 5.61. The Hall–Kier alpha value is -1.56. The summed E-state index contributed by atoms with van der Waals surface area (Å²) in [7, 11) is -3.49. The van der Waals surface area contributed by atoms with E-state index in [-0.39, 0.29) is 23.0 Å². The van der Waals surface area contributed by atoms with E-state index in [0.29, 0.717) is 23.0 Å². The predicted molar refractivity (Wildman–Crippen MR) is 96.3 cm³/mol. The van der Waals surface area contributed by atoms with Gasteiger partial charge in [0.25, 0.3) is 0 Å². The molecule has 2 aromatic carbocycles. The number of rotatable bonds is 7. The van der Waals surface area contributed by atoms with Gasteiger partial charge in [0, 0.05) is 23.0 Å². The van der Waals surface area contributed by atoms with Gasteiger partial charge < -0.3 is 5.32 Å². The van der Waals surface area contributed by atoms with Crippen LogP contribution in [0.15, 0.2) is 53.4 Å². The highest BCUT2D eigenvalue weighted by Gasteiger charge is 2.16. The van der Waals surface area contributed by atoms with Crippen molar-refractivity contribution in [3.8, 4) is 0 Å². The summed E-state index contributed by atoms with van der Waals surface area (Å²) < 4.78 is 24.3. The van der Waals surface area contributed by atoms with Gasteiger partial charge in [0.1, 0.15) is 0 Å². The van der Waals surface area contributed by atoms with Crippen LogP contribution in [-0.2, 0) is 21.1 Å². The summed E-state index contributed by atoms with van der Waals surface area (Å²) in [5, 5.41) is 3.83. The molecule has 0 unspecified atom stereocenters. The first-order valence-corrected chi connectivity index (χ1v) is 9.77. The number of hydrogen-bond acceptors (Lipinski definition) is 3. The van der Waals surface area contributed by atoms with E-state index in [1.54, 1.807) is 6.07 Å². The topological polar surface area (TPSA) is 63.2 Å². The van der Waals surface area contributed by atoms with Gasteiger partial charge in [-0.2, -0.15) is 0 Å². The number of sulfone groups is 1. The third kappa shape index (κ3) is 5.82. The maximum absolute atomic E-state index is 12.1. The maximum atomic E-state index is 12.1. The molecule has 2 aromatic rings. The number of hydrogen-bond donors (Lipinski definition) is 1. The zero-order chi connectivity index (χ0) is 17.6. The molecule has 0 aromatic heterocycles. The number of carbonyl (C=O) groups excluding carboxylic acids is 1. The summed E-state index contributed by atoms with van der Waals surface area (Å²) in [6.45, 7) is 0.431. The van der Waals surface area contributed by atoms with Gasteiger partial charge in [-0.05, 0) is 48.4 Å². The number of nitrogens with one attached hydrogen (secondary N) is 1. The van der Waals surface area contributed by atoms with Crippen molar-refractivity contribution in [2.45, 2.75) is 17.7 Å². The molecule has 0 radical (unpaired) electrons. The minimum Gasteiger partial charge on any atom is -0.356 e. The monoisotopic (exact) mass is 385 g/mol. The van der Waals surface area contributed by atoms with Gasteiger partial charge >= 0.3 is 0 Å². The molecule has 1 N–H and O–H groups in total. The Bertz CT molecular complexity index is 805. The maximum Gasteiger partial charge on any atom is 0.221 e. The van der Waals surface area contributed by atoms with Crippen LogP contribution in [0.1, 0.15) is 12.0 Å². The molecule has 0 atom stereocenters. The fourth-order valence-electron chi connectivity index (χ4n) is 2.11. The van der Waals surface area contributed by atoms with Crippen LogP contribution in [-0.4, -0.2) is 26.6 Å². The Morgan fingerprint density at radius 3 is 2.38 bits per heavy atom. The smallest absolute Gasteiger partial charge is 0.221 e. The van der Waals surface area contributed by atoms with Crippen molar-refractivity contribution in [1.82, 2.24) is 5.32 Å². The number of amides is 1. The standard InChI is InChI=1S/C17H17Cl2NO3S/c18-14-4-6-16(7-5-14)24(22,23)11-9-17(21)20-10-8-13-2-1-3-15(19)12-13/h1-7,12H,8-11H2,(H,20,21). The molecule has 0 saturated heterocycles. The summed E-state index contributed by atoms with van der Waals surface area (Å²) in [4.78, 5) is 12.0. The van der Waals surface area contributed by atoms with Gasteiger partial charge in [0.2, 0.25) is 5.91 Å². The molecule has 0 saturated carbocycles. The summed E-state index contributed by atoms with van der Waals surface area (Å²) in [6, 6.07) is 13.3. The van der Waals surface area contributed by atoms with Gasteiger partial charge in [0.05, 0.1) is 10.6 Å². The highest BCUT2D eigenvalue weighted by atomic mass is 35.5. The molecule has 4 nitrogen and oxygen atoms in total. The zero-order valence-electron chi connectivity index (χ0n) is 12.8. The van der Waals surface area contributed by atoms with Gasteiger partial charge in [0.15, 0.2) is 9.84 Å². The van der Waals surface area contributed by atoms with Crippen LogP contribution in [0.4, 0.5) is 0 Å². The number of halogens is 2. The van der Waals surface area contributed by atoms with Crippen molar-refractivity contribution < 1.29 is 13.2 Å². The van der Waals surface area contributed by atoms with Crippen molar-refractivity contribution in [2.75, 3.05) is 12.3 Å². The fraction of sp³-hybridized carbons (Fsp3) is 0.235. The van der Waals surface area contributed by atoms with Crippen LogP contribution >= 0.6 is 23.2 Å². The first-order valence-electron chi connectivity index (χ1n) is 7.36. The van der Waals surface area contributed by atoms with Crippen molar-refractivity contribution in [2.24, 2.45) is 0 Å². The summed E-state index contributed by atoms with van der Waals surface area (Å²) >= 11 is 11.6. The molecule has 0 heterocycles. The molecule has 0 fully saturated rings. The van der Waals surface area contributed by atoms with Gasteiger partial charge in [-0.25, -0.2) is 8.42 Å². The molecule has 2 rings (SSSR count). The molecule has 0 bridgehead atoms. The van der Waals surface area contributed by atoms with Gasteiger partial charge in [-0.3, -0.25) is 4.79 Å². The molecule has 1 amide bonds. The second-order valence-electron chi connectivity index (χ2n) is 5.25. The largest absolute Gasteiger partial charge is 0.356 e. The summed E-state index contributed by atoms with van der Waals surface area (Å²) in [6.07, 6.45) is 0.552. The summed E-state index contributed by atoms with van der Waals surface area (Å²) in [5.41, 5.74) is 1.01. The summed E-state index contributed by atoms with van der Waals surface area (Å²) in [5.74, 6) is -0.535. The molecule has 7 heteroatoms. The molecular formula is C17H17Cl2NO3S. The lowest BCUT2D eigenvalue weighted by molar-refractivity contribution is -0.120. The average Bonchev–Trinajstić information content (AvgIpc) is 2.54. The quantitative estimate of drug-likeness (QED) is 0.792. The molecule has 0 aliphatic rings. The lowest BCUT2D eigenvalue weighted by Gasteiger charge is -2.07. The van der Waals surface area contributed by atoms with Gasteiger partial charge in [-0.1, -0.05) is 35.3 Å². The highest BCUT2D eigenvalue weighted by molar-refractivity contribution is 7.91. The van der Waals surface area contributed by atoms with E-state index >= 15 is 0 Å². The second kappa shape index (κ2) is 8.51. The van der Waals surface area contributed by atoms with E-state index < -0.39 is 9.84 Å². The second-order valence-corrected chi connectivity index (χ2v) is 8.23. The van der Waals surface area contributed by atoms with Crippen LogP contribution < -0.4 is 5.32 Å². The first kappa shape index (κ1) is 18.8. The molecule has 0 aliphatic heterocycles. The zero-order valence-corrected chi connectivity index (χ0v) is 15.2. The van der Waals surface area contributed by atoms with E-state index in [9.17, 15) is 13.2 Å². The van der Waals surface area contributed by atoms with E-state index in [2.05, 4.69) is 5.32 Å². The molecular weight excluding hydrogens is 369 g/mol. The Balaban J connectivity index is 1.79. The normalized spacial score (nSPS) is 11.2. The Morgan fingerprint density at radius 1 is 1.00 bits per heavy atom. The van der Waals surface area contributed by atoms with Crippen molar-refractivity contribution in [3.05, 3.63) is 64.1 Å². The lowest BCUT2D eigenvalue weighted by Crippen LogP contribution is -2.27. The van der Waals surface area contributed by atoms with E-state index in [1.807, 2.05) is 18.2 Å². The molecule has 0 spiro atoms. The minimum atomic E-state index is -3.49. The van der Waals surface area contributed by atoms with Crippen molar-refractivity contribution >= 4 is 38.9 Å². The van der Waals surface area contributed by atoms with E-state index in [1.165, 1.54) is 24.3 Å². The molecule has 128 valence electrons. The number of carbonyl (C=O) groups is 1. The Kier molecular flexibility index (Phi) is 6.66. The van der Waals surface area contributed by atoms with Crippen LogP contribution in [0.2, 0.25) is 10.0 Å². The number of benzene rings is 2. The Morgan fingerprint density at radius 2 is 1.71 bits per heavy atom. The minimum absolute atomic E-state index is 0.0828. The van der Waals surface area contributed by atoms with Crippen LogP contribution in [0, 0.1) is 0 Å². The Labute approximate surface area is 151 Å². The predicted octanol–water partition coefficient (Wildman–Crippen LogP) is 3.52. The molecule has 24 heavy (non-hydrogen) atoms. The fourth-order valence-corrected chi connectivity index (χ4v) is 3.69. The third-order valence-electron chi connectivity index (χ3n) is 3.40. The SMILES string of the molecule is O=C(CCS(=O)(=O)c1ccc(Cl)cc1)NCCc1cccc(Cl)c1. The highest BCUT2D eigenvalue weighted by Crippen LogP contribution is 2.16. The average molecular weight is 386 g/mol. The first-order chi connectivity index (χ1) is 11.4. The van der Waals surface area contributed by atoms with Crippen LogP contribution in [0.25, 0.3) is 0 Å².